The van der Waals surface area contributed by atoms with Gasteiger partial charge in [0, 0.05) is 41.4 Å². The van der Waals surface area contributed by atoms with Crippen LogP contribution in [0.1, 0.15) is 41.1 Å². The smallest absolute Gasteiger partial charge is 0.131 e. The zero-order valence-electron chi connectivity index (χ0n) is 15.3. The highest BCUT2D eigenvalue weighted by atomic mass is 16.5. The molecule has 1 fully saturated rings. The molecule has 0 radical (unpaired) electrons. The van der Waals surface area contributed by atoms with Crippen LogP contribution >= 0.6 is 0 Å². The number of nitrogen functional groups attached to an aromatic ring is 1. The van der Waals surface area contributed by atoms with Crippen molar-refractivity contribution in [3.63, 3.8) is 0 Å². The molecule has 2 aromatic rings. The number of aromatic nitrogens is 1. The minimum absolute atomic E-state index is 0.377. The fourth-order valence-corrected chi connectivity index (χ4v) is 4.02. The van der Waals surface area contributed by atoms with E-state index in [1.807, 2.05) is 6.07 Å². The molecule has 0 saturated carbocycles. The van der Waals surface area contributed by atoms with Gasteiger partial charge >= 0.3 is 0 Å². The lowest BCUT2D eigenvalue weighted by Crippen LogP contribution is -2.19. The molecule has 6 heteroatoms. The quantitative estimate of drug-likeness (QED) is 0.624. The molecule has 1 aromatic heterocycles. The van der Waals surface area contributed by atoms with E-state index in [0.29, 0.717) is 29.6 Å². The Balaban J connectivity index is 1.83. The first-order valence-corrected chi connectivity index (χ1v) is 9.36. The number of fused-ring (bicyclic) bond motifs is 1. The van der Waals surface area contributed by atoms with Crippen LogP contribution in [0, 0.1) is 5.41 Å². The normalized spacial score (nSPS) is 19.7. The molecular weight excluding hydrogens is 338 g/mol. The Hall–Kier alpha value is -2.70. The van der Waals surface area contributed by atoms with Crippen molar-refractivity contribution in [3.05, 3.63) is 52.8 Å². The molecule has 140 valence electrons. The van der Waals surface area contributed by atoms with Crippen molar-refractivity contribution >= 4 is 17.6 Å². The van der Waals surface area contributed by atoms with E-state index in [9.17, 15) is 0 Å². The molecular formula is C21H25N5O. The summed E-state index contributed by atoms with van der Waals surface area (Å²) in [5.74, 6) is 0.378. The molecule has 0 spiro atoms. The minimum Gasteiger partial charge on any atom is -0.404 e. The second-order valence-corrected chi connectivity index (χ2v) is 7.08. The number of nitrogens with two attached hydrogens (primary N) is 2. The Morgan fingerprint density at radius 1 is 1.30 bits per heavy atom. The maximum Gasteiger partial charge on any atom is 0.131 e. The zero-order valence-corrected chi connectivity index (χ0v) is 15.3. The second kappa shape index (κ2) is 7.50. The Labute approximate surface area is 159 Å². The fourth-order valence-electron chi connectivity index (χ4n) is 4.02. The summed E-state index contributed by atoms with van der Waals surface area (Å²) in [5, 5.41) is 11.2. The summed E-state index contributed by atoms with van der Waals surface area (Å²) in [6.45, 7) is 2.50. The van der Waals surface area contributed by atoms with Gasteiger partial charge in [0.15, 0.2) is 0 Å². The molecule has 1 saturated heterocycles. The maximum absolute atomic E-state index is 7.56. The van der Waals surface area contributed by atoms with Crippen molar-refractivity contribution in [2.75, 3.05) is 18.9 Å². The van der Waals surface area contributed by atoms with Crippen LogP contribution in [0.2, 0.25) is 0 Å². The van der Waals surface area contributed by atoms with Crippen molar-refractivity contribution in [2.45, 2.75) is 31.9 Å². The first-order valence-electron chi connectivity index (χ1n) is 9.36. The molecule has 6 N–H and O–H groups in total. The van der Waals surface area contributed by atoms with E-state index in [1.54, 1.807) is 6.20 Å². The van der Waals surface area contributed by atoms with E-state index < -0.39 is 0 Å². The standard InChI is InChI=1S/C21H25N5O/c22-9-16(10-23)17-8-15(11-26-21(17)24)14-6-13-3-5-27-12-19(13)18(7-14)20-2-1-4-25-20/h6-11,20,22,25H,1-5,12,23H2,(H2,24,26)/b16-10+,22-9?/t20-/m1/s1. The molecule has 0 bridgehead atoms. The molecule has 4 rings (SSSR count). The van der Waals surface area contributed by atoms with Crippen LogP contribution in [-0.4, -0.2) is 24.4 Å². The van der Waals surface area contributed by atoms with Crippen LogP contribution in [-0.2, 0) is 17.8 Å². The summed E-state index contributed by atoms with van der Waals surface area (Å²) in [7, 11) is 0. The molecule has 2 aliphatic rings. The van der Waals surface area contributed by atoms with Gasteiger partial charge in [0.2, 0.25) is 0 Å². The predicted octanol–water partition coefficient (Wildman–Crippen LogP) is 2.78. The molecule has 0 unspecified atom stereocenters. The van der Waals surface area contributed by atoms with E-state index in [0.717, 1.165) is 37.1 Å². The Morgan fingerprint density at radius 3 is 2.93 bits per heavy atom. The average molecular weight is 363 g/mol. The largest absolute Gasteiger partial charge is 0.404 e. The highest BCUT2D eigenvalue weighted by Gasteiger charge is 2.24. The molecule has 6 nitrogen and oxygen atoms in total. The van der Waals surface area contributed by atoms with E-state index in [4.69, 9.17) is 21.6 Å². The Bertz CT molecular complexity index is 900. The van der Waals surface area contributed by atoms with Crippen molar-refractivity contribution in [3.8, 4) is 11.1 Å². The molecule has 3 heterocycles. The van der Waals surface area contributed by atoms with Gasteiger partial charge in [-0.05, 0) is 60.2 Å². The first-order chi connectivity index (χ1) is 13.2. The first kappa shape index (κ1) is 17.7. The van der Waals surface area contributed by atoms with Crippen LogP contribution in [0.25, 0.3) is 16.7 Å². The SMILES string of the molecule is N=C/C(=C\N)c1cc(-c2cc3c(c([C@H]4CCCN4)c2)COCC3)cnc1N. The fraction of sp³-hybridized carbons (Fsp3) is 0.333. The Morgan fingerprint density at radius 2 is 2.19 bits per heavy atom. The van der Waals surface area contributed by atoms with Crippen molar-refractivity contribution in [2.24, 2.45) is 5.73 Å². The number of benzene rings is 1. The average Bonchev–Trinajstić information content (AvgIpc) is 3.24. The van der Waals surface area contributed by atoms with Gasteiger partial charge in [-0.1, -0.05) is 6.07 Å². The van der Waals surface area contributed by atoms with Crippen molar-refractivity contribution < 1.29 is 4.74 Å². The molecule has 2 aliphatic heterocycles. The number of rotatable bonds is 4. The predicted molar refractivity (Wildman–Crippen MR) is 108 cm³/mol. The van der Waals surface area contributed by atoms with E-state index >= 15 is 0 Å². The topological polar surface area (TPSA) is 110 Å². The third-order valence-electron chi connectivity index (χ3n) is 5.47. The van der Waals surface area contributed by atoms with E-state index in [1.165, 1.54) is 35.5 Å². The minimum atomic E-state index is 0.377. The number of nitrogens with zero attached hydrogens (tertiary/aromatic N) is 1. The summed E-state index contributed by atoms with van der Waals surface area (Å²) in [4.78, 5) is 4.35. The lowest BCUT2D eigenvalue weighted by molar-refractivity contribution is 0.109. The monoisotopic (exact) mass is 363 g/mol. The summed E-state index contributed by atoms with van der Waals surface area (Å²) >= 11 is 0. The van der Waals surface area contributed by atoms with Crippen LogP contribution in [0.5, 0.6) is 0 Å². The summed E-state index contributed by atoms with van der Waals surface area (Å²) in [6, 6.07) is 6.84. The van der Waals surface area contributed by atoms with Gasteiger partial charge in [0.25, 0.3) is 0 Å². The van der Waals surface area contributed by atoms with Crippen LogP contribution in [0.4, 0.5) is 5.82 Å². The molecule has 0 aliphatic carbocycles. The highest BCUT2D eigenvalue weighted by Crippen LogP contribution is 2.35. The highest BCUT2D eigenvalue weighted by molar-refractivity contribution is 6.10. The van der Waals surface area contributed by atoms with Gasteiger partial charge in [0.05, 0.1) is 13.2 Å². The summed E-state index contributed by atoms with van der Waals surface area (Å²) in [6.07, 6.45) is 7.66. The maximum atomic E-state index is 7.56. The van der Waals surface area contributed by atoms with Gasteiger partial charge in [-0.15, -0.1) is 0 Å². The van der Waals surface area contributed by atoms with Gasteiger partial charge in [-0.3, -0.25) is 0 Å². The molecule has 27 heavy (non-hydrogen) atoms. The Kier molecular flexibility index (Phi) is 4.92. The van der Waals surface area contributed by atoms with Crippen molar-refractivity contribution in [1.82, 2.24) is 10.3 Å². The van der Waals surface area contributed by atoms with Crippen LogP contribution in [0.3, 0.4) is 0 Å². The van der Waals surface area contributed by atoms with E-state index in [2.05, 4.69) is 22.4 Å². The number of anilines is 1. The van der Waals surface area contributed by atoms with E-state index in [-0.39, 0.29) is 0 Å². The second-order valence-electron chi connectivity index (χ2n) is 7.08. The summed E-state index contributed by atoms with van der Waals surface area (Å²) in [5.41, 5.74) is 19.0. The number of ether oxygens (including phenoxy) is 1. The van der Waals surface area contributed by atoms with Crippen LogP contribution < -0.4 is 16.8 Å². The number of allylic oxidation sites excluding steroid dienone is 1. The number of pyridine rings is 1. The lowest BCUT2D eigenvalue weighted by atomic mass is 9.88. The molecule has 0 amide bonds. The summed E-state index contributed by atoms with van der Waals surface area (Å²) < 4.78 is 5.73. The van der Waals surface area contributed by atoms with Gasteiger partial charge < -0.3 is 26.9 Å². The van der Waals surface area contributed by atoms with Gasteiger partial charge in [-0.25, -0.2) is 4.98 Å². The van der Waals surface area contributed by atoms with Gasteiger partial charge in [-0.2, -0.15) is 0 Å². The third-order valence-corrected chi connectivity index (χ3v) is 5.47. The van der Waals surface area contributed by atoms with Gasteiger partial charge in [0.1, 0.15) is 5.82 Å². The van der Waals surface area contributed by atoms with Crippen LogP contribution in [0.15, 0.2) is 30.6 Å². The number of hydrogen-bond donors (Lipinski definition) is 4. The lowest BCUT2D eigenvalue weighted by Gasteiger charge is -2.25. The molecule has 1 aromatic carbocycles. The molecule has 1 atom stereocenters. The number of hydrogen-bond acceptors (Lipinski definition) is 6. The van der Waals surface area contributed by atoms with Crippen molar-refractivity contribution in [1.29, 1.82) is 5.41 Å². The zero-order chi connectivity index (χ0) is 18.8. The number of nitrogens with one attached hydrogen (secondary N) is 2. The third kappa shape index (κ3) is 3.34.